The Kier molecular flexibility index (Phi) is 4.95. The van der Waals surface area contributed by atoms with Gasteiger partial charge >= 0.3 is 0 Å². The monoisotopic (exact) mass is 398 g/mol. The fourth-order valence-electron chi connectivity index (χ4n) is 3.65. The molecule has 0 N–H and O–H groups in total. The summed E-state index contributed by atoms with van der Waals surface area (Å²) in [6.45, 7) is 3.62. The molecule has 2 aliphatic rings. The predicted octanol–water partition coefficient (Wildman–Crippen LogP) is 2.41. The second-order valence-corrected chi connectivity index (χ2v) is 8.78. The summed E-state index contributed by atoms with van der Waals surface area (Å²) in [7, 11) is -1.76. The molecule has 0 atom stereocenters. The van der Waals surface area contributed by atoms with E-state index in [-0.39, 0.29) is 10.8 Å². The zero-order valence-electron chi connectivity index (χ0n) is 15.7. The molecule has 2 aromatic carbocycles. The molecule has 2 aliphatic heterocycles. The lowest BCUT2D eigenvalue weighted by Crippen LogP contribution is -2.48. The first-order valence-corrected chi connectivity index (χ1v) is 10.7. The standard InChI is InChI=1S/C21H22N2O4S/c1-27-17-7-5-16(6-8-17)15-22-10-12-23(13-11-22)21(24)19-3-2-4-20-18(19)9-14-28(20,25)26/h2-9,14H,10-13,15H2,1H3. The SMILES string of the molecule is COc1ccc(CN2CCN(C(=O)c3cccc4c3C=CS4(=O)=O)CC2)cc1. The van der Waals surface area contributed by atoms with E-state index < -0.39 is 9.84 Å². The number of benzene rings is 2. The van der Waals surface area contributed by atoms with Gasteiger partial charge in [0.05, 0.1) is 12.0 Å². The quantitative estimate of drug-likeness (QED) is 0.791. The first-order valence-electron chi connectivity index (χ1n) is 9.19. The normalized spacial score (nSPS) is 18.1. The van der Waals surface area contributed by atoms with Crippen molar-refractivity contribution in [2.75, 3.05) is 33.3 Å². The highest BCUT2D eigenvalue weighted by Crippen LogP contribution is 2.30. The number of fused-ring (bicyclic) bond motifs is 1. The van der Waals surface area contributed by atoms with Crippen LogP contribution in [0.2, 0.25) is 0 Å². The van der Waals surface area contributed by atoms with Gasteiger partial charge in [0.25, 0.3) is 5.91 Å². The second kappa shape index (κ2) is 7.41. The molecule has 1 fully saturated rings. The van der Waals surface area contributed by atoms with Crippen molar-refractivity contribution in [1.82, 2.24) is 9.80 Å². The van der Waals surface area contributed by atoms with E-state index in [1.807, 2.05) is 12.1 Å². The van der Waals surface area contributed by atoms with Crippen molar-refractivity contribution in [3.05, 3.63) is 64.6 Å². The highest BCUT2D eigenvalue weighted by atomic mass is 32.2. The van der Waals surface area contributed by atoms with Crippen LogP contribution in [-0.4, -0.2) is 57.4 Å². The Bertz CT molecular complexity index is 1020. The molecule has 1 saturated heterocycles. The van der Waals surface area contributed by atoms with Gasteiger partial charge in [-0.1, -0.05) is 18.2 Å². The van der Waals surface area contributed by atoms with Crippen LogP contribution in [0.3, 0.4) is 0 Å². The minimum absolute atomic E-state index is 0.109. The molecule has 2 heterocycles. The van der Waals surface area contributed by atoms with Gasteiger partial charge in [-0.3, -0.25) is 9.69 Å². The third kappa shape index (κ3) is 3.55. The van der Waals surface area contributed by atoms with E-state index in [0.717, 1.165) is 25.4 Å². The van der Waals surface area contributed by atoms with Gasteiger partial charge in [0.15, 0.2) is 9.84 Å². The highest BCUT2D eigenvalue weighted by Gasteiger charge is 2.28. The first-order chi connectivity index (χ1) is 13.5. The van der Waals surface area contributed by atoms with Crippen LogP contribution in [-0.2, 0) is 16.4 Å². The Hall–Kier alpha value is -2.64. The molecule has 0 bridgehead atoms. The van der Waals surface area contributed by atoms with Gasteiger partial charge in [0, 0.05) is 49.3 Å². The van der Waals surface area contributed by atoms with Crippen LogP contribution in [0.1, 0.15) is 21.5 Å². The Morgan fingerprint density at radius 3 is 2.43 bits per heavy atom. The van der Waals surface area contributed by atoms with Gasteiger partial charge < -0.3 is 9.64 Å². The molecule has 146 valence electrons. The molecule has 0 aromatic heterocycles. The molecule has 0 aliphatic carbocycles. The van der Waals surface area contributed by atoms with Crippen LogP contribution in [0.4, 0.5) is 0 Å². The molecule has 4 rings (SSSR count). The fourth-order valence-corrected chi connectivity index (χ4v) is 4.86. The average molecular weight is 398 g/mol. The van der Waals surface area contributed by atoms with Gasteiger partial charge in [-0.2, -0.15) is 0 Å². The lowest BCUT2D eigenvalue weighted by molar-refractivity contribution is 0.0628. The molecular weight excluding hydrogens is 376 g/mol. The third-order valence-electron chi connectivity index (χ3n) is 5.24. The van der Waals surface area contributed by atoms with Crippen LogP contribution in [0.15, 0.2) is 52.8 Å². The molecule has 0 spiro atoms. The van der Waals surface area contributed by atoms with E-state index in [0.29, 0.717) is 24.2 Å². The van der Waals surface area contributed by atoms with Crippen LogP contribution in [0.5, 0.6) is 5.75 Å². The van der Waals surface area contributed by atoms with Gasteiger partial charge in [-0.05, 0) is 35.9 Å². The number of carbonyl (C=O) groups is 1. The second-order valence-electron chi connectivity index (χ2n) is 6.98. The van der Waals surface area contributed by atoms with Crippen molar-refractivity contribution in [2.45, 2.75) is 11.4 Å². The minimum Gasteiger partial charge on any atom is -0.497 e. The number of sulfone groups is 1. The van der Waals surface area contributed by atoms with Crippen molar-refractivity contribution < 1.29 is 17.9 Å². The van der Waals surface area contributed by atoms with Crippen LogP contribution in [0.25, 0.3) is 6.08 Å². The molecule has 0 unspecified atom stereocenters. The van der Waals surface area contributed by atoms with E-state index in [2.05, 4.69) is 17.0 Å². The van der Waals surface area contributed by atoms with E-state index >= 15 is 0 Å². The summed E-state index contributed by atoms with van der Waals surface area (Å²) in [5.74, 6) is 0.730. The topological polar surface area (TPSA) is 66.9 Å². The lowest BCUT2D eigenvalue weighted by atomic mass is 10.1. The number of rotatable bonds is 4. The number of hydrogen-bond donors (Lipinski definition) is 0. The average Bonchev–Trinajstić information content (AvgIpc) is 3.04. The number of hydrogen-bond acceptors (Lipinski definition) is 5. The fraction of sp³-hybridized carbons (Fsp3) is 0.286. The summed E-state index contributed by atoms with van der Waals surface area (Å²) in [5, 5.41) is 1.17. The van der Waals surface area contributed by atoms with Crippen LogP contribution >= 0.6 is 0 Å². The van der Waals surface area contributed by atoms with Gasteiger partial charge in [0.1, 0.15) is 5.75 Å². The largest absolute Gasteiger partial charge is 0.497 e. The summed E-state index contributed by atoms with van der Waals surface area (Å²) >= 11 is 0. The Labute approximate surface area is 164 Å². The molecule has 7 heteroatoms. The summed E-state index contributed by atoms with van der Waals surface area (Å²) in [4.78, 5) is 17.3. The molecule has 0 saturated carbocycles. The third-order valence-corrected chi connectivity index (χ3v) is 6.71. The van der Waals surface area contributed by atoms with Gasteiger partial charge in [-0.15, -0.1) is 0 Å². The van der Waals surface area contributed by atoms with E-state index in [4.69, 9.17) is 4.74 Å². The predicted molar refractivity (Wildman–Crippen MR) is 107 cm³/mol. The maximum atomic E-state index is 13.0. The zero-order valence-corrected chi connectivity index (χ0v) is 16.5. The number of carbonyl (C=O) groups excluding carboxylic acids is 1. The van der Waals surface area contributed by atoms with Gasteiger partial charge in [0.2, 0.25) is 0 Å². The number of ether oxygens (including phenoxy) is 1. The molecule has 2 aromatic rings. The first kappa shape index (κ1) is 18.7. The number of methoxy groups -OCH3 is 1. The molecule has 1 amide bonds. The maximum Gasteiger partial charge on any atom is 0.254 e. The lowest BCUT2D eigenvalue weighted by Gasteiger charge is -2.35. The van der Waals surface area contributed by atoms with E-state index in [9.17, 15) is 13.2 Å². The summed E-state index contributed by atoms with van der Waals surface area (Å²) in [5.41, 5.74) is 2.17. The van der Waals surface area contributed by atoms with Crippen LogP contribution < -0.4 is 4.74 Å². The Morgan fingerprint density at radius 2 is 1.75 bits per heavy atom. The summed E-state index contributed by atoms with van der Waals surface area (Å²) < 4.78 is 29.3. The minimum atomic E-state index is -3.41. The van der Waals surface area contributed by atoms with Crippen molar-refractivity contribution in [2.24, 2.45) is 0 Å². The van der Waals surface area contributed by atoms with Crippen molar-refractivity contribution >= 4 is 21.8 Å². The maximum absolute atomic E-state index is 13.0. The molecular formula is C21H22N2O4S. The van der Waals surface area contributed by atoms with Crippen molar-refractivity contribution in [3.63, 3.8) is 0 Å². The molecule has 0 radical (unpaired) electrons. The number of piperazine rings is 1. The highest BCUT2D eigenvalue weighted by molar-refractivity contribution is 7.94. The van der Waals surface area contributed by atoms with E-state index in [1.165, 1.54) is 17.0 Å². The summed E-state index contributed by atoms with van der Waals surface area (Å²) in [6.07, 6.45) is 1.53. The molecule has 6 nitrogen and oxygen atoms in total. The number of amides is 1. The number of nitrogens with zero attached hydrogens (tertiary/aromatic N) is 2. The Balaban J connectivity index is 1.41. The zero-order chi connectivity index (χ0) is 19.7. The summed E-state index contributed by atoms with van der Waals surface area (Å²) in [6, 6.07) is 12.9. The van der Waals surface area contributed by atoms with Crippen LogP contribution in [0, 0.1) is 0 Å². The Morgan fingerprint density at radius 1 is 1.04 bits per heavy atom. The smallest absolute Gasteiger partial charge is 0.254 e. The molecule has 28 heavy (non-hydrogen) atoms. The van der Waals surface area contributed by atoms with Gasteiger partial charge in [-0.25, -0.2) is 8.42 Å². The van der Waals surface area contributed by atoms with E-state index in [1.54, 1.807) is 30.2 Å². The van der Waals surface area contributed by atoms with Crippen molar-refractivity contribution in [3.8, 4) is 5.75 Å². The van der Waals surface area contributed by atoms with Crippen molar-refractivity contribution in [1.29, 1.82) is 0 Å².